The quantitative estimate of drug-likeness (QED) is 0.288. The van der Waals surface area contributed by atoms with Gasteiger partial charge in [-0.1, -0.05) is 30.3 Å². The maximum absolute atomic E-state index is 14.8. The standard InChI is InChI=1S/C31H38FN3O4S/c1-31(2,3)39-30(36)35(17-18-37-5)16-14-21-7-6-8-22(19-21)28-20-25-29(40-28)27(13-15-34-25)38-26-12-10-23(33-4)9-11-24(26)32/h6-8,10,12-13,15,19-20,23,33H,9,11,14,16-18H2,1-5H3. The lowest BCUT2D eigenvalue weighted by Gasteiger charge is -2.27. The van der Waals surface area contributed by atoms with E-state index in [1.165, 1.54) is 0 Å². The summed E-state index contributed by atoms with van der Waals surface area (Å²) in [5.74, 6) is 0.570. The molecule has 1 aliphatic rings. The first kappa shape index (κ1) is 29.7. The van der Waals surface area contributed by atoms with Crippen molar-refractivity contribution in [3.05, 3.63) is 71.9 Å². The molecule has 1 N–H and O–H groups in total. The van der Waals surface area contributed by atoms with Crippen LogP contribution in [0.5, 0.6) is 5.75 Å². The monoisotopic (exact) mass is 567 g/mol. The van der Waals surface area contributed by atoms with Gasteiger partial charge in [0.2, 0.25) is 0 Å². The van der Waals surface area contributed by atoms with Crippen LogP contribution in [0.25, 0.3) is 20.7 Å². The molecule has 0 spiro atoms. The Morgan fingerprint density at radius 1 is 1.23 bits per heavy atom. The number of pyridine rings is 1. The molecule has 1 unspecified atom stereocenters. The second-order valence-corrected chi connectivity index (χ2v) is 11.8. The van der Waals surface area contributed by atoms with Crippen molar-refractivity contribution in [1.82, 2.24) is 15.2 Å². The van der Waals surface area contributed by atoms with E-state index in [2.05, 4.69) is 28.5 Å². The van der Waals surface area contributed by atoms with Crippen molar-refractivity contribution >= 4 is 27.6 Å². The van der Waals surface area contributed by atoms with Crippen LogP contribution >= 0.6 is 11.3 Å². The van der Waals surface area contributed by atoms with Crippen LogP contribution in [-0.4, -0.2) is 61.5 Å². The molecule has 1 aromatic carbocycles. The van der Waals surface area contributed by atoms with Gasteiger partial charge < -0.3 is 24.4 Å². The fourth-order valence-electron chi connectivity index (χ4n) is 4.35. The van der Waals surface area contributed by atoms with E-state index in [9.17, 15) is 9.18 Å². The first-order chi connectivity index (χ1) is 19.2. The van der Waals surface area contributed by atoms with Crippen LogP contribution in [0, 0.1) is 0 Å². The van der Waals surface area contributed by atoms with Crippen LogP contribution in [0.3, 0.4) is 0 Å². The zero-order valence-corrected chi connectivity index (χ0v) is 24.6. The molecule has 2 heterocycles. The van der Waals surface area contributed by atoms with Crippen molar-refractivity contribution in [1.29, 1.82) is 0 Å². The largest absolute Gasteiger partial charge is 0.453 e. The van der Waals surface area contributed by atoms with Gasteiger partial charge in [0.05, 0.1) is 16.8 Å². The highest BCUT2D eigenvalue weighted by Crippen LogP contribution is 2.39. The Bertz CT molecular complexity index is 1380. The predicted molar refractivity (Wildman–Crippen MR) is 158 cm³/mol. The van der Waals surface area contributed by atoms with E-state index < -0.39 is 5.60 Å². The number of amides is 1. The molecular weight excluding hydrogens is 529 g/mol. The first-order valence-electron chi connectivity index (χ1n) is 13.5. The number of thiophene rings is 1. The molecule has 0 bridgehead atoms. The summed E-state index contributed by atoms with van der Waals surface area (Å²) < 4.78 is 32.5. The molecule has 1 aliphatic carbocycles. The summed E-state index contributed by atoms with van der Waals surface area (Å²) >= 11 is 1.56. The zero-order valence-electron chi connectivity index (χ0n) is 23.8. The second-order valence-electron chi connectivity index (χ2n) is 10.7. The lowest BCUT2D eigenvalue weighted by atomic mass is 10.1. The smallest absolute Gasteiger partial charge is 0.410 e. The van der Waals surface area contributed by atoms with Crippen molar-refractivity contribution in [3.8, 4) is 16.2 Å². The Kier molecular flexibility index (Phi) is 9.95. The summed E-state index contributed by atoms with van der Waals surface area (Å²) in [6.07, 6.45) is 6.65. The topological polar surface area (TPSA) is 72.9 Å². The van der Waals surface area contributed by atoms with E-state index in [1.54, 1.807) is 41.7 Å². The van der Waals surface area contributed by atoms with Gasteiger partial charge in [0.1, 0.15) is 17.2 Å². The molecule has 1 amide bonds. The molecule has 0 aliphatic heterocycles. The number of halogens is 1. The van der Waals surface area contributed by atoms with Crippen LogP contribution in [0.2, 0.25) is 0 Å². The Morgan fingerprint density at radius 3 is 2.80 bits per heavy atom. The number of carbonyl (C=O) groups is 1. The lowest BCUT2D eigenvalue weighted by molar-refractivity contribution is 0.0204. The van der Waals surface area contributed by atoms with Crippen molar-refractivity contribution in [2.45, 2.75) is 51.7 Å². The lowest BCUT2D eigenvalue weighted by Crippen LogP contribution is -2.39. The molecule has 40 heavy (non-hydrogen) atoms. The van der Waals surface area contributed by atoms with Gasteiger partial charge in [-0.2, -0.15) is 0 Å². The highest BCUT2D eigenvalue weighted by Gasteiger charge is 2.22. The van der Waals surface area contributed by atoms with Gasteiger partial charge in [-0.15, -0.1) is 11.3 Å². The van der Waals surface area contributed by atoms with Crippen molar-refractivity contribution in [2.24, 2.45) is 0 Å². The van der Waals surface area contributed by atoms with Crippen LogP contribution in [0.1, 0.15) is 39.2 Å². The molecule has 0 saturated heterocycles. The number of hydrogen-bond donors (Lipinski definition) is 1. The average Bonchev–Trinajstić information content (AvgIpc) is 3.29. The number of fused-ring (bicyclic) bond motifs is 1. The van der Waals surface area contributed by atoms with Crippen LogP contribution in [0.15, 0.2) is 66.3 Å². The van der Waals surface area contributed by atoms with Gasteiger partial charge in [0.25, 0.3) is 0 Å². The summed E-state index contributed by atoms with van der Waals surface area (Å²) in [4.78, 5) is 20.0. The number of methoxy groups -OCH3 is 1. The molecule has 0 saturated carbocycles. The minimum atomic E-state index is -0.565. The molecule has 3 aromatic rings. The molecule has 9 heteroatoms. The Hall–Kier alpha value is -3.27. The van der Waals surface area contributed by atoms with Gasteiger partial charge in [-0.25, -0.2) is 9.18 Å². The minimum Gasteiger partial charge on any atom is -0.453 e. The number of allylic oxidation sites excluding steroid dienone is 2. The number of rotatable bonds is 10. The molecule has 2 aromatic heterocycles. The number of ether oxygens (including phenoxy) is 3. The zero-order chi connectivity index (χ0) is 28.7. The van der Waals surface area contributed by atoms with Gasteiger partial charge in [-0.3, -0.25) is 4.98 Å². The van der Waals surface area contributed by atoms with E-state index in [-0.39, 0.29) is 23.7 Å². The molecule has 4 rings (SSSR count). The molecular formula is C31H38FN3O4S. The summed E-state index contributed by atoms with van der Waals surface area (Å²) in [7, 11) is 3.48. The van der Waals surface area contributed by atoms with Crippen molar-refractivity contribution < 1.29 is 23.4 Å². The molecule has 0 fully saturated rings. The number of aromatic nitrogens is 1. The maximum atomic E-state index is 14.8. The molecule has 214 valence electrons. The highest BCUT2D eigenvalue weighted by molar-refractivity contribution is 7.22. The minimum absolute atomic E-state index is 0.112. The number of hydrogen-bond acceptors (Lipinski definition) is 7. The molecule has 0 radical (unpaired) electrons. The fraction of sp³-hybridized carbons (Fsp3) is 0.419. The van der Waals surface area contributed by atoms with E-state index in [4.69, 9.17) is 14.2 Å². The number of nitrogens with one attached hydrogen (secondary N) is 1. The number of nitrogens with zero attached hydrogens (tertiary/aromatic N) is 2. The average molecular weight is 568 g/mol. The van der Waals surface area contributed by atoms with E-state index in [0.29, 0.717) is 44.7 Å². The van der Waals surface area contributed by atoms with Crippen LogP contribution in [0.4, 0.5) is 9.18 Å². The third-order valence-corrected chi connectivity index (χ3v) is 7.68. The third kappa shape index (κ3) is 7.90. The summed E-state index contributed by atoms with van der Waals surface area (Å²) in [5, 5.41) is 3.17. The Balaban J connectivity index is 1.52. The van der Waals surface area contributed by atoms with Gasteiger partial charge in [0.15, 0.2) is 5.76 Å². The summed E-state index contributed by atoms with van der Waals surface area (Å²) in [6.45, 7) is 6.98. The van der Waals surface area contributed by atoms with Crippen LogP contribution < -0.4 is 10.1 Å². The van der Waals surface area contributed by atoms with Crippen LogP contribution in [-0.2, 0) is 15.9 Å². The van der Waals surface area contributed by atoms with Crippen molar-refractivity contribution in [2.75, 3.05) is 33.9 Å². The SMILES string of the molecule is CNC1C=CC(Oc2ccnc3cc(-c4cccc(CCN(CCOC)C(=O)OC(C)(C)C)c4)sc23)=C(F)CC1. The molecule has 7 nitrogen and oxygen atoms in total. The first-order valence-corrected chi connectivity index (χ1v) is 14.3. The third-order valence-electron chi connectivity index (χ3n) is 6.49. The second kappa shape index (κ2) is 13.4. The normalized spacial score (nSPS) is 15.8. The van der Waals surface area contributed by atoms with E-state index in [0.717, 1.165) is 26.2 Å². The van der Waals surface area contributed by atoms with Crippen molar-refractivity contribution in [3.63, 3.8) is 0 Å². The number of likely N-dealkylation sites (N-methyl/N-ethyl adjacent to an activating group) is 1. The number of carbonyl (C=O) groups excluding carboxylic acids is 1. The highest BCUT2D eigenvalue weighted by atomic mass is 32.1. The summed E-state index contributed by atoms with van der Waals surface area (Å²) in [5.41, 5.74) is 2.37. The Labute approximate surface area is 239 Å². The predicted octanol–water partition coefficient (Wildman–Crippen LogP) is 6.89. The van der Waals surface area contributed by atoms with Gasteiger partial charge in [-0.05, 0) is 63.9 Å². The fourth-order valence-corrected chi connectivity index (χ4v) is 5.41. The maximum Gasteiger partial charge on any atom is 0.410 e. The Morgan fingerprint density at radius 2 is 2.05 bits per heavy atom. The van der Waals surface area contributed by atoms with Gasteiger partial charge >= 0.3 is 6.09 Å². The molecule has 1 atom stereocenters. The van der Waals surface area contributed by atoms with E-state index >= 15 is 0 Å². The number of benzene rings is 1. The van der Waals surface area contributed by atoms with Gasteiger partial charge in [0, 0.05) is 49.8 Å². The summed E-state index contributed by atoms with van der Waals surface area (Å²) in [6, 6.07) is 12.2. The van der Waals surface area contributed by atoms with E-state index in [1.807, 2.05) is 46.0 Å².